The standard InChI is InChI=1S/C37H45N7O11/c38-19-3-6-29(47)40(21-2-1-5-27(45)9-7-25(43-34(52)15-16-35(43)53)23-41-30(48)11-12-31(41)49)22-4-20-39-28(46)10-8-26(44-36(54)17-18-37(44)55)24-42-32(50)13-14-33(42)51/h11-18,25-26H,1-10,19-24,38H2,(H,39,46). The zero-order valence-electron chi connectivity index (χ0n) is 30.4. The second kappa shape index (κ2) is 20.0. The second-order valence-electron chi connectivity index (χ2n) is 13.4. The number of carbonyl (C=O) groups is 11. The highest BCUT2D eigenvalue weighted by molar-refractivity contribution is 6.15. The third-order valence-electron chi connectivity index (χ3n) is 9.47. The Kier molecular flexibility index (Phi) is 15.2. The Balaban J connectivity index is 1.20. The van der Waals surface area contributed by atoms with Crippen LogP contribution in [0.3, 0.4) is 0 Å². The molecule has 4 aliphatic rings. The number of hydrogen-bond donors (Lipinski definition) is 2. The molecule has 18 heteroatoms. The van der Waals surface area contributed by atoms with E-state index in [2.05, 4.69) is 5.32 Å². The molecule has 0 aromatic heterocycles. The monoisotopic (exact) mass is 763 g/mol. The van der Waals surface area contributed by atoms with E-state index >= 15 is 0 Å². The first kappa shape index (κ1) is 41.8. The van der Waals surface area contributed by atoms with Crippen molar-refractivity contribution in [3.8, 4) is 0 Å². The number of unbranched alkanes of at least 4 members (excludes halogenated alkanes) is 1. The van der Waals surface area contributed by atoms with Crippen LogP contribution in [0.1, 0.15) is 64.2 Å². The molecule has 4 rings (SSSR count). The maximum Gasteiger partial charge on any atom is 0.253 e. The van der Waals surface area contributed by atoms with E-state index in [1.807, 2.05) is 0 Å². The van der Waals surface area contributed by atoms with E-state index in [1.165, 1.54) is 0 Å². The van der Waals surface area contributed by atoms with Crippen molar-refractivity contribution >= 4 is 64.9 Å². The van der Waals surface area contributed by atoms with E-state index in [0.717, 1.165) is 68.2 Å². The average Bonchev–Trinajstić information content (AvgIpc) is 3.88. The van der Waals surface area contributed by atoms with Crippen molar-refractivity contribution in [3.63, 3.8) is 0 Å². The highest BCUT2D eigenvalue weighted by Crippen LogP contribution is 2.20. The van der Waals surface area contributed by atoms with Gasteiger partial charge in [0, 0.05) is 93.9 Å². The van der Waals surface area contributed by atoms with Crippen molar-refractivity contribution in [1.82, 2.24) is 29.8 Å². The van der Waals surface area contributed by atoms with Gasteiger partial charge in [0.1, 0.15) is 5.78 Å². The van der Waals surface area contributed by atoms with Crippen molar-refractivity contribution in [2.24, 2.45) is 5.73 Å². The molecule has 4 heterocycles. The summed E-state index contributed by atoms with van der Waals surface area (Å²) in [6, 6.07) is -1.78. The fraction of sp³-hybridized carbons (Fsp3) is 0.486. The Bertz CT molecular complexity index is 1550. The zero-order valence-corrected chi connectivity index (χ0v) is 30.4. The van der Waals surface area contributed by atoms with Gasteiger partial charge >= 0.3 is 0 Å². The Labute approximate surface area is 317 Å². The van der Waals surface area contributed by atoms with Gasteiger partial charge in [0.25, 0.3) is 47.3 Å². The number of nitrogens with zero attached hydrogens (tertiary/aromatic N) is 5. The molecule has 2 unspecified atom stereocenters. The van der Waals surface area contributed by atoms with Crippen molar-refractivity contribution < 1.29 is 52.7 Å². The summed E-state index contributed by atoms with van der Waals surface area (Å²) in [5.41, 5.74) is 5.59. The molecule has 3 N–H and O–H groups in total. The third kappa shape index (κ3) is 11.5. The Morgan fingerprint density at radius 1 is 0.545 bits per heavy atom. The lowest BCUT2D eigenvalue weighted by molar-refractivity contribution is -0.145. The van der Waals surface area contributed by atoms with Crippen LogP contribution in [0.5, 0.6) is 0 Å². The number of amides is 10. The maximum atomic E-state index is 12.9. The fourth-order valence-corrected chi connectivity index (χ4v) is 6.52. The second-order valence-corrected chi connectivity index (χ2v) is 13.4. The molecule has 0 saturated heterocycles. The summed E-state index contributed by atoms with van der Waals surface area (Å²) in [6.07, 6.45) is 10.9. The summed E-state index contributed by atoms with van der Waals surface area (Å²) in [5.74, 6) is -5.33. The van der Waals surface area contributed by atoms with Gasteiger partial charge < -0.3 is 16.0 Å². The molecule has 4 aliphatic heterocycles. The van der Waals surface area contributed by atoms with Crippen LogP contribution in [0.2, 0.25) is 0 Å². The summed E-state index contributed by atoms with van der Waals surface area (Å²) in [6.45, 7) is 0.722. The maximum absolute atomic E-state index is 12.9. The molecule has 55 heavy (non-hydrogen) atoms. The molecule has 0 aromatic carbocycles. The summed E-state index contributed by atoms with van der Waals surface area (Å²) in [5, 5.41) is 2.76. The Hall–Kier alpha value is -5.91. The van der Waals surface area contributed by atoms with E-state index in [4.69, 9.17) is 5.73 Å². The number of ketones is 1. The number of rotatable bonds is 24. The summed E-state index contributed by atoms with van der Waals surface area (Å²) >= 11 is 0. The number of carbonyl (C=O) groups excluding carboxylic acids is 11. The van der Waals surface area contributed by atoms with E-state index in [9.17, 15) is 52.7 Å². The lowest BCUT2D eigenvalue weighted by Crippen LogP contribution is -2.49. The first-order chi connectivity index (χ1) is 26.3. The normalized spacial score (nSPS) is 17.5. The summed E-state index contributed by atoms with van der Waals surface area (Å²) in [7, 11) is 0. The van der Waals surface area contributed by atoms with Gasteiger partial charge in [0.15, 0.2) is 0 Å². The van der Waals surface area contributed by atoms with Gasteiger partial charge in [0.2, 0.25) is 11.8 Å². The third-order valence-corrected chi connectivity index (χ3v) is 9.47. The van der Waals surface area contributed by atoms with Crippen LogP contribution in [-0.2, 0) is 52.7 Å². The van der Waals surface area contributed by atoms with Gasteiger partial charge in [-0.2, -0.15) is 0 Å². The fourth-order valence-electron chi connectivity index (χ4n) is 6.52. The molecule has 0 bridgehead atoms. The molecule has 10 amide bonds. The van der Waals surface area contributed by atoms with Crippen LogP contribution in [0.4, 0.5) is 0 Å². The molecule has 0 radical (unpaired) electrons. The molecule has 2 atom stereocenters. The largest absolute Gasteiger partial charge is 0.356 e. The molecule has 0 fully saturated rings. The lowest BCUT2D eigenvalue weighted by atomic mass is 10.0. The quantitative estimate of drug-likeness (QED) is 0.0870. The van der Waals surface area contributed by atoms with E-state index in [-0.39, 0.29) is 75.8 Å². The van der Waals surface area contributed by atoms with Gasteiger partial charge in [-0.25, -0.2) is 0 Å². The molecule has 294 valence electrons. The predicted octanol–water partition coefficient (Wildman–Crippen LogP) is -1.20. The van der Waals surface area contributed by atoms with E-state index in [0.29, 0.717) is 45.3 Å². The van der Waals surface area contributed by atoms with Crippen LogP contribution < -0.4 is 11.1 Å². The SMILES string of the molecule is NCCCC(=O)N(CCCCC(=O)CCC(CN1C(=O)C=CC1=O)N1C(=O)C=CC1=O)CCCNC(=O)CCC(CN1C(=O)C=CC1=O)N1C(=O)C=CC1=O. The van der Waals surface area contributed by atoms with E-state index < -0.39 is 59.3 Å². The first-order valence-electron chi connectivity index (χ1n) is 18.2. The smallest absolute Gasteiger partial charge is 0.253 e. The Morgan fingerprint density at radius 3 is 1.45 bits per heavy atom. The highest BCUT2D eigenvalue weighted by atomic mass is 16.2. The van der Waals surface area contributed by atoms with E-state index in [1.54, 1.807) is 4.90 Å². The van der Waals surface area contributed by atoms with Crippen molar-refractivity contribution in [2.75, 3.05) is 39.3 Å². The number of Topliss-reactive ketones (excluding diaryl/α,β-unsaturated/α-hetero) is 1. The minimum atomic E-state index is -0.905. The molecule has 0 aromatic rings. The lowest BCUT2D eigenvalue weighted by Gasteiger charge is -2.29. The van der Waals surface area contributed by atoms with Gasteiger partial charge in [-0.15, -0.1) is 0 Å². The highest BCUT2D eigenvalue weighted by Gasteiger charge is 2.37. The summed E-state index contributed by atoms with van der Waals surface area (Å²) in [4.78, 5) is 142. The van der Waals surface area contributed by atoms with Gasteiger partial charge in [-0.1, -0.05) is 0 Å². The van der Waals surface area contributed by atoms with Crippen LogP contribution in [0, 0.1) is 0 Å². The van der Waals surface area contributed by atoms with Crippen molar-refractivity contribution in [3.05, 3.63) is 48.6 Å². The minimum absolute atomic E-state index is 0.00177. The van der Waals surface area contributed by atoms with Crippen LogP contribution >= 0.6 is 0 Å². The number of nitrogens with one attached hydrogen (secondary N) is 1. The topological polar surface area (TPSA) is 242 Å². The number of imide groups is 4. The number of nitrogens with two attached hydrogens (primary N) is 1. The van der Waals surface area contributed by atoms with Gasteiger partial charge in [-0.3, -0.25) is 72.3 Å². The molecular weight excluding hydrogens is 718 g/mol. The molecule has 0 spiro atoms. The molecule has 0 saturated carbocycles. The summed E-state index contributed by atoms with van der Waals surface area (Å²) < 4.78 is 0. The number of hydrogen-bond acceptors (Lipinski definition) is 12. The predicted molar refractivity (Wildman–Crippen MR) is 191 cm³/mol. The minimum Gasteiger partial charge on any atom is -0.356 e. The van der Waals surface area contributed by atoms with Gasteiger partial charge in [-0.05, 0) is 45.1 Å². The first-order valence-corrected chi connectivity index (χ1v) is 18.2. The molecular formula is C37H45N7O11. The van der Waals surface area contributed by atoms with Crippen LogP contribution in [0.25, 0.3) is 0 Å². The van der Waals surface area contributed by atoms with Gasteiger partial charge in [0.05, 0.1) is 25.2 Å². The average molecular weight is 764 g/mol. The zero-order chi connectivity index (χ0) is 40.1. The van der Waals surface area contributed by atoms with Crippen molar-refractivity contribution in [2.45, 2.75) is 76.3 Å². The van der Waals surface area contributed by atoms with Crippen LogP contribution in [0.15, 0.2) is 48.6 Å². The molecule has 0 aliphatic carbocycles. The molecule has 18 nitrogen and oxygen atoms in total. The van der Waals surface area contributed by atoms with Crippen molar-refractivity contribution in [1.29, 1.82) is 0 Å². The van der Waals surface area contributed by atoms with Crippen LogP contribution in [-0.4, -0.2) is 141 Å². The Morgan fingerprint density at radius 2 is 0.982 bits per heavy atom.